The Labute approximate surface area is 157 Å². The summed E-state index contributed by atoms with van der Waals surface area (Å²) < 4.78 is 0. The average molecular weight is 370 g/mol. The second-order valence-corrected chi connectivity index (χ2v) is 6.96. The smallest absolute Gasteiger partial charge is 0.263 e. The molecular formula is C19H22N4O2S. The van der Waals surface area contributed by atoms with Gasteiger partial charge in [0.1, 0.15) is 5.82 Å². The molecule has 1 fully saturated rings. The Balaban J connectivity index is 1.61. The molecule has 0 aliphatic carbocycles. The van der Waals surface area contributed by atoms with Crippen LogP contribution in [0.3, 0.4) is 0 Å². The quantitative estimate of drug-likeness (QED) is 0.821. The lowest BCUT2D eigenvalue weighted by atomic mass is 10.2. The largest absolute Gasteiger partial charge is 0.355 e. The summed E-state index contributed by atoms with van der Waals surface area (Å²) >= 11 is 1.48. The zero-order valence-corrected chi connectivity index (χ0v) is 15.4. The average Bonchev–Trinajstić information content (AvgIpc) is 3.10. The van der Waals surface area contributed by atoms with Gasteiger partial charge in [-0.15, -0.1) is 17.9 Å². The van der Waals surface area contributed by atoms with Crippen molar-refractivity contribution in [3.8, 4) is 0 Å². The third kappa shape index (κ3) is 4.29. The van der Waals surface area contributed by atoms with Crippen molar-refractivity contribution in [1.29, 1.82) is 0 Å². The van der Waals surface area contributed by atoms with E-state index in [1.54, 1.807) is 18.3 Å². The van der Waals surface area contributed by atoms with E-state index in [1.165, 1.54) is 11.3 Å². The highest BCUT2D eigenvalue weighted by Crippen LogP contribution is 2.17. The fourth-order valence-electron chi connectivity index (χ4n) is 2.88. The van der Waals surface area contributed by atoms with Crippen LogP contribution in [0.4, 0.5) is 5.82 Å². The number of anilines is 1. The van der Waals surface area contributed by atoms with Gasteiger partial charge in [0.25, 0.3) is 11.8 Å². The summed E-state index contributed by atoms with van der Waals surface area (Å²) in [6.07, 6.45) is 4.12. The highest BCUT2D eigenvalue weighted by atomic mass is 32.1. The number of nitrogens with zero attached hydrogens (tertiary/aromatic N) is 3. The molecule has 0 bridgehead atoms. The standard InChI is InChI=1S/C19H22N4O2S/c1-2-8-20-18(24)15-6-7-17(21-14-15)22-9-4-10-23(12-11-22)19(25)16-5-3-13-26-16/h2-3,5-7,13-14H,1,4,8-12H2,(H,20,24). The van der Waals surface area contributed by atoms with Gasteiger partial charge in [0.2, 0.25) is 0 Å². The number of thiophene rings is 1. The molecule has 0 aromatic carbocycles. The summed E-state index contributed by atoms with van der Waals surface area (Å²) in [6, 6.07) is 7.41. The monoisotopic (exact) mass is 370 g/mol. The van der Waals surface area contributed by atoms with Gasteiger partial charge >= 0.3 is 0 Å². The minimum atomic E-state index is -0.160. The molecule has 3 rings (SSSR count). The zero-order valence-electron chi connectivity index (χ0n) is 14.6. The van der Waals surface area contributed by atoms with Crippen LogP contribution >= 0.6 is 11.3 Å². The summed E-state index contributed by atoms with van der Waals surface area (Å²) in [5.74, 6) is 0.771. The summed E-state index contributed by atoms with van der Waals surface area (Å²) in [6.45, 7) is 6.99. The Hall–Kier alpha value is -2.67. The number of hydrogen-bond donors (Lipinski definition) is 1. The molecule has 6 nitrogen and oxygen atoms in total. The fraction of sp³-hybridized carbons (Fsp3) is 0.316. The van der Waals surface area contributed by atoms with Gasteiger partial charge in [-0.05, 0) is 30.0 Å². The number of nitrogens with one attached hydrogen (secondary N) is 1. The molecule has 1 aliphatic rings. The molecular weight excluding hydrogens is 348 g/mol. The Morgan fingerprint density at radius 2 is 2.12 bits per heavy atom. The molecule has 0 atom stereocenters. The molecule has 2 amide bonds. The van der Waals surface area contributed by atoms with Crippen molar-refractivity contribution in [2.24, 2.45) is 0 Å². The highest BCUT2D eigenvalue weighted by Gasteiger charge is 2.21. The van der Waals surface area contributed by atoms with Crippen LogP contribution in [-0.2, 0) is 0 Å². The van der Waals surface area contributed by atoms with Gasteiger partial charge in [0.05, 0.1) is 10.4 Å². The number of aromatic nitrogens is 1. The molecule has 7 heteroatoms. The maximum atomic E-state index is 12.5. The summed E-state index contributed by atoms with van der Waals surface area (Å²) in [7, 11) is 0. The van der Waals surface area contributed by atoms with Crippen molar-refractivity contribution in [2.75, 3.05) is 37.6 Å². The lowest BCUT2D eigenvalue weighted by molar-refractivity contribution is 0.0771. The second-order valence-electron chi connectivity index (χ2n) is 6.01. The number of pyridine rings is 1. The molecule has 136 valence electrons. The first-order valence-corrected chi connectivity index (χ1v) is 9.50. The van der Waals surface area contributed by atoms with E-state index in [2.05, 4.69) is 21.8 Å². The van der Waals surface area contributed by atoms with Gasteiger partial charge in [0.15, 0.2) is 0 Å². The number of carbonyl (C=O) groups excluding carboxylic acids is 2. The molecule has 0 unspecified atom stereocenters. The molecule has 1 N–H and O–H groups in total. The lowest BCUT2D eigenvalue weighted by Gasteiger charge is -2.22. The van der Waals surface area contributed by atoms with Crippen LogP contribution in [0.2, 0.25) is 0 Å². The zero-order chi connectivity index (χ0) is 18.4. The molecule has 2 aromatic rings. The molecule has 3 heterocycles. The topological polar surface area (TPSA) is 65.5 Å². The molecule has 1 saturated heterocycles. The van der Waals surface area contributed by atoms with Gasteiger partial charge in [-0.25, -0.2) is 4.98 Å². The Kier molecular flexibility index (Phi) is 6.01. The van der Waals surface area contributed by atoms with Crippen molar-refractivity contribution >= 4 is 29.0 Å². The van der Waals surface area contributed by atoms with E-state index in [-0.39, 0.29) is 11.8 Å². The van der Waals surface area contributed by atoms with Gasteiger partial charge < -0.3 is 15.1 Å². The van der Waals surface area contributed by atoms with Crippen LogP contribution < -0.4 is 10.2 Å². The minimum absolute atomic E-state index is 0.101. The molecule has 2 aromatic heterocycles. The molecule has 1 aliphatic heterocycles. The Morgan fingerprint density at radius 1 is 1.23 bits per heavy atom. The van der Waals surface area contributed by atoms with Crippen molar-refractivity contribution in [1.82, 2.24) is 15.2 Å². The van der Waals surface area contributed by atoms with E-state index in [1.807, 2.05) is 28.5 Å². The fourth-order valence-corrected chi connectivity index (χ4v) is 3.57. The Bertz CT molecular complexity index is 758. The molecule has 0 spiro atoms. The van der Waals surface area contributed by atoms with Crippen LogP contribution in [0.15, 0.2) is 48.5 Å². The second kappa shape index (κ2) is 8.62. The molecule has 0 saturated carbocycles. The van der Waals surface area contributed by atoms with E-state index < -0.39 is 0 Å². The van der Waals surface area contributed by atoms with E-state index in [4.69, 9.17) is 0 Å². The summed E-state index contributed by atoms with van der Waals surface area (Å²) in [4.78, 5) is 33.7. The predicted molar refractivity (Wildman–Crippen MR) is 104 cm³/mol. The van der Waals surface area contributed by atoms with Crippen molar-refractivity contribution < 1.29 is 9.59 Å². The normalized spacial score (nSPS) is 14.6. The van der Waals surface area contributed by atoms with Gasteiger partial charge in [-0.1, -0.05) is 12.1 Å². The Morgan fingerprint density at radius 3 is 2.81 bits per heavy atom. The van der Waals surface area contributed by atoms with Gasteiger partial charge in [0, 0.05) is 38.9 Å². The lowest BCUT2D eigenvalue weighted by Crippen LogP contribution is -2.35. The first kappa shape index (κ1) is 18.1. The van der Waals surface area contributed by atoms with E-state index in [9.17, 15) is 9.59 Å². The molecule has 26 heavy (non-hydrogen) atoms. The summed E-state index contributed by atoms with van der Waals surface area (Å²) in [5.41, 5.74) is 0.528. The van der Waals surface area contributed by atoms with E-state index in [0.717, 1.165) is 36.8 Å². The van der Waals surface area contributed by atoms with Crippen molar-refractivity contribution in [2.45, 2.75) is 6.42 Å². The highest BCUT2D eigenvalue weighted by molar-refractivity contribution is 7.12. The maximum absolute atomic E-state index is 12.5. The number of hydrogen-bond acceptors (Lipinski definition) is 5. The number of rotatable bonds is 5. The van der Waals surface area contributed by atoms with Crippen LogP contribution in [0.1, 0.15) is 26.5 Å². The van der Waals surface area contributed by atoms with Gasteiger partial charge in [-0.3, -0.25) is 9.59 Å². The van der Waals surface area contributed by atoms with Gasteiger partial charge in [-0.2, -0.15) is 0 Å². The minimum Gasteiger partial charge on any atom is -0.355 e. The van der Waals surface area contributed by atoms with E-state index >= 15 is 0 Å². The third-order valence-electron chi connectivity index (χ3n) is 4.26. The van der Waals surface area contributed by atoms with Crippen molar-refractivity contribution in [3.05, 3.63) is 58.9 Å². The SMILES string of the molecule is C=CCNC(=O)c1ccc(N2CCCN(C(=O)c3cccs3)CC2)nc1. The van der Waals surface area contributed by atoms with Crippen LogP contribution in [-0.4, -0.2) is 54.4 Å². The molecule has 0 radical (unpaired) electrons. The maximum Gasteiger partial charge on any atom is 0.263 e. The third-order valence-corrected chi connectivity index (χ3v) is 5.11. The first-order valence-electron chi connectivity index (χ1n) is 8.62. The first-order chi connectivity index (χ1) is 12.7. The predicted octanol–water partition coefficient (Wildman–Crippen LogP) is 2.41. The van der Waals surface area contributed by atoms with Crippen LogP contribution in [0.25, 0.3) is 0 Å². The number of carbonyl (C=O) groups is 2. The van der Waals surface area contributed by atoms with Crippen molar-refractivity contribution in [3.63, 3.8) is 0 Å². The number of amides is 2. The van der Waals surface area contributed by atoms with E-state index in [0.29, 0.717) is 18.7 Å². The summed E-state index contributed by atoms with van der Waals surface area (Å²) in [5, 5.41) is 4.66. The van der Waals surface area contributed by atoms with Crippen LogP contribution in [0.5, 0.6) is 0 Å². The van der Waals surface area contributed by atoms with Crippen LogP contribution in [0, 0.1) is 0 Å².